The molecule has 7 heteroatoms. The van der Waals surface area contributed by atoms with Gasteiger partial charge in [0.2, 0.25) is 0 Å². The maximum Gasteiger partial charge on any atom is 0.342 e. The maximum atomic E-state index is 13.4. The lowest BCUT2D eigenvalue weighted by molar-refractivity contribution is 0.0686. The van der Waals surface area contributed by atoms with E-state index in [9.17, 15) is 9.18 Å². The first kappa shape index (κ1) is 13.0. The third-order valence-electron chi connectivity index (χ3n) is 2.73. The molecule has 1 N–H and O–H groups in total. The standard InChI is InChI=1S/C12H12FN3O3/c1-7-14-15-10(16(7)2)6-19-9-5-3-4-8(13)11(9)12(17)18/h3-5H,6H2,1-2H3,(H,17,18). The van der Waals surface area contributed by atoms with Crippen LogP contribution >= 0.6 is 0 Å². The Morgan fingerprint density at radius 2 is 2.21 bits per heavy atom. The van der Waals surface area contributed by atoms with Crippen molar-refractivity contribution in [1.29, 1.82) is 0 Å². The van der Waals surface area contributed by atoms with Crippen LogP contribution in [0.5, 0.6) is 5.75 Å². The zero-order valence-corrected chi connectivity index (χ0v) is 10.4. The van der Waals surface area contributed by atoms with Gasteiger partial charge in [0.1, 0.15) is 29.6 Å². The second-order valence-electron chi connectivity index (χ2n) is 3.93. The summed E-state index contributed by atoms with van der Waals surface area (Å²) in [6, 6.07) is 3.86. The number of halogens is 1. The van der Waals surface area contributed by atoms with Gasteiger partial charge < -0.3 is 14.4 Å². The third-order valence-corrected chi connectivity index (χ3v) is 2.73. The number of carboxylic acid groups (broad SMARTS) is 1. The largest absolute Gasteiger partial charge is 0.485 e. The van der Waals surface area contributed by atoms with Gasteiger partial charge in [0.15, 0.2) is 5.82 Å². The number of aromatic carboxylic acids is 1. The predicted octanol–water partition coefficient (Wildman–Crippen LogP) is 1.54. The highest BCUT2D eigenvalue weighted by atomic mass is 19.1. The molecule has 0 saturated heterocycles. The molecule has 0 fully saturated rings. The number of benzene rings is 1. The Hall–Kier alpha value is -2.44. The second kappa shape index (κ2) is 5.05. The highest BCUT2D eigenvalue weighted by molar-refractivity contribution is 5.91. The average molecular weight is 265 g/mol. The van der Waals surface area contributed by atoms with E-state index in [4.69, 9.17) is 9.84 Å². The number of rotatable bonds is 4. The molecule has 1 heterocycles. The smallest absolute Gasteiger partial charge is 0.342 e. The molecule has 0 bridgehead atoms. The van der Waals surface area contributed by atoms with Crippen LogP contribution in [0.4, 0.5) is 4.39 Å². The van der Waals surface area contributed by atoms with Crippen molar-refractivity contribution in [2.45, 2.75) is 13.5 Å². The molecule has 0 aliphatic heterocycles. The van der Waals surface area contributed by atoms with Crippen LogP contribution in [0, 0.1) is 12.7 Å². The van der Waals surface area contributed by atoms with Crippen molar-refractivity contribution >= 4 is 5.97 Å². The normalized spacial score (nSPS) is 10.5. The number of aromatic nitrogens is 3. The SMILES string of the molecule is Cc1nnc(COc2cccc(F)c2C(=O)O)n1C. The van der Waals surface area contributed by atoms with Gasteiger partial charge in [-0.05, 0) is 19.1 Å². The lowest BCUT2D eigenvalue weighted by Gasteiger charge is -2.09. The average Bonchev–Trinajstić information content (AvgIpc) is 2.67. The monoisotopic (exact) mass is 265 g/mol. The van der Waals surface area contributed by atoms with Crippen molar-refractivity contribution in [2.24, 2.45) is 7.05 Å². The van der Waals surface area contributed by atoms with E-state index in [2.05, 4.69) is 10.2 Å². The molecule has 1 aromatic carbocycles. The Labute approximate surface area is 108 Å². The topological polar surface area (TPSA) is 77.2 Å². The molecule has 0 unspecified atom stereocenters. The molecule has 2 aromatic rings. The van der Waals surface area contributed by atoms with E-state index in [1.54, 1.807) is 18.5 Å². The Morgan fingerprint density at radius 1 is 1.47 bits per heavy atom. The van der Waals surface area contributed by atoms with E-state index in [0.29, 0.717) is 11.6 Å². The van der Waals surface area contributed by atoms with Gasteiger partial charge in [-0.15, -0.1) is 10.2 Å². The van der Waals surface area contributed by atoms with Gasteiger partial charge in [-0.3, -0.25) is 0 Å². The molecule has 0 radical (unpaired) electrons. The summed E-state index contributed by atoms with van der Waals surface area (Å²) < 4.78 is 20.4. The van der Waals surface area contributed by atoms with Crippen LogP contribution in [0.25, 0.3) is 0 Å². The highest BCUT2D eigenvalue weighted by Crippen LogP contribution is 2.22. The lowest BCUT2D eigenvalue weighted by Crippen LogP contribution is -2.09. The zero-order valence-electron chi connectivity index (χ0n) is 10.4. The van der Waals surface area contributed by atoms with E-state index in [1.165, 1.54) is 12.1 Å². The quantitative estimate of drug-likeness (QED) is 0.907. The predicted molar refractivity (Wildman–Crippen MR) is 63.4 cm³/mol. The molecule has 19 heavy (non-hydrogen) atoms. The van der Waals surface area contributed by atoms with E-state index in [1.807, 2.05) is 0 Å². The van der Waals surface area contributed by atoms with Crippen molar-refractivity contribution < 1.29 is 19.0 Å². The molecule has 0 spiro atoms. The van der Waals surface area contributed by atoms with Crippen LogP contribution < -0.4 is 4.74 Å². The van der Waals surface area contributed by atoms with Crippen molar-refractivity contribution in [3.8, 4) is 5.75 Å². The zero-order chi connectivity index (χ0) is 14.0. The Bertz CT molecular complexity index is 625. The number of ether oxygens (including phenoxy) is 1. The number of aryl methyl sites for hydroxylation is 1. The molecule has 0 saturated carbocycles. The van der Waals surface area contributed by atoms with Crippen LogP contribution in [0.15, 0.2) is 18.2 Å². The van der Waals surface area contributed by atoms with Crippen LogP contribution in [-0.2, 0) is 13.7 Å². The van der Waals surface area contributed by atoms with Crippen molar-refractivity contribution in [3.05, 3.63) is 41.2 Å². The number of hydrogen-bond acceptors (Lipinski definition) is 4. The molecule has 0 aliphatic rings. The molecule has 0 aliphatic carbocycles. The fraction of sp³-hybridized carbons (Fsp3) is 0.250. The minimum absolute atomic E-state index is 0.0150. The molecule has 100 valence electrons. The van der Waals surface area contributed by atoms with Crippen molar-refractivity contribution in [3.63, 3.8) is 0 Å². The summed E-state index contributed by atoms with van der Waals surface area (Å²) in [4.78, 5) is 11.0. The van der Waals surface area contributed by atoms with Crippen LogP contribution in [0.1, 0.15) is 22.0 Å². The van der Waals surface area contributed by atoms with E-state index in [-0.39, 0.29) is 12.4 Å². The number of nitrogens with zero attached hydrogens (tertiary/aromatic N) is 3. The van der Waals surface area contributed by atoms with E-state index >= 15 is 0 Å². The fourth-order valence-electron chi connectivity index (χ4n) is 1.55. The fourth-order valence-corrected chi connectivity index (χ4v) is 1.55. The van der Waals surface area contributed by atoms with Gasteiger partial charge in [0.25, 0.3) is 0 Å². The first-order valence-electron chi connectivity index (χ1n) is 5.50. The molecular formula is C12H12FN3O3. The van der Waals surface area contributed by atoms with Crippen LogP contribution in [-0.4, -0.2) is 25.8 Å². The Morgan fingerprint density at radius 3 is 2.79 bits per heavy atom. The second-order valence-corrected chi connectivity index (χ2v) is 3.93. The Kier molecular flexibility index (Phi) is 3.46. The summed E-state index contributed by atoms with van der Waals surface area (Å²) >= 11 is 0. The summed E-state index contributed by atoms with van der Waals surface area (Å²) in [5.74, 6) is -1.01. The third kappa shape index (κ3) is 2.54. The summed E-state index contributed by atoms with van der Waals surface area (Å²) in [5.41, 5.74) is -0.485. The lowest BCUT2D eigenvalue weighted by atomic mass is 10.2. The summed E-state index contributed by atoms with van der Waals surface area (Å²) in [6.45, 7) is 1.79. The van der Waals surface area contributed by atoms with Gasteiger partial charge in [-0.2, -0.15) is 0 Å². The first-order chi connectivity index (χ1) is 9.00. The number of hydrogen-bond donors (Lipinski definition) is 1. The van der Waals surface area contributed by atoms with Gasteiger partial charge in [-0.1, -0.05) is 6.07 Å². The molecule has 0 atom stereocenters. The van der Waals surface area contributed by atoms with Crippen molar-refractivity contribution in [1.82, 2.24) is 14.8 Å². The van der Waals surface area contributed by atoms with E-state index in [0.717, 1.165) is 6.07 Å². The number of carboxylic acids is 1. The van der Waals surface area contributed by atoms with Crippen molar-refractivity contribution in [2.75, 3.05) is 0 Å². The van der Waals surface area contributed by atoms with Crippen LogP contribution in [0.2, 0.25) is 0 Å². The molecule has 1 aromatic heterocycles. The summed E-state index contributed by atoms with van der Waals surface area (Å²) in [6.07, 6.45) is 0. The Balaban J connectivity index is 2.23. The summed E-state index contributed by atoms with van der Waals surface area (Å²) in [5, 5.41) is 16.7. The van der Waals surface area contributed by atoms with Gasteiger partial charge in [-0.25, -0.2) is 9.18 Å². The van der Waals surface area contributed by atoms with Gasteiger partial charge >= 0.3 is 5.97 Å². The molecule has 6 nitrogen and oxygen atoms in total. The highest BCUT2D eigenvalue weighted by Gasteiger charge is 2.17. The van der Waals surface area contributed by atoms with Gasteiger partial charge in [0, 0.05) is 7.05 Å². The number of carbonyl (C=O) groups is 1. The van der Waals surface area contributed by atoms with Gasteiger partial charge in [0.05, 0.1) is 0 Å². The molecule has 2 rings (SSSR count). The van der Waals surface area contributed by atoms with E-state index < -0.39 is 17.3 Å². The maximum absolute atomic E-state index is 13.4. The first-order valence-corrected chi connectivity index (χ1v) is 5.50. The molecule has 0 amide bonds. The minimum Gasteiger partial charge on any atom is -0.485 e. The van der Waals surface area contributed by atoms with Crippen LogP contribution in [0.3, 0.4) is 0 Å². The molecular weight excluding hydrogens is 253 g/mol. The summed E-state index contributed by atoms with van der Waals surface area (Å²) in [7, 11) is 1.76. The minimum atomic E-state index is -1.37.